The molecule has 0 aliphatic rings. The standard InChI is InChI=1S/C11H21N3O/c1-8(11(2,3)4)7-10-13-9(5-6-12)14-15-10/h8H,5-7,12H2,1-4H3. The van der Waals surface area contributed by atoms with E-state index in [0.717, 1.165) is 12.3 Å². The maximum Gasteiger partial charge on any atom is 0.226 e. The van der Waals surface area contributed by atoms with Crippen LogP contribution in [0.4, 0.5) is 0 Å². The van der Waals surface area contributed by atoms with Gasteiger partial charge in [-0.15, -0.1) is 0 Å². The summed E-state index contributed by atoms with van der Waals surface area (Å²) < 4.78 is 5.17. The van der Waals surface area contributed by atoms with E-state index >= 15 is 0 Å². The van der Waals surface area contributed by atoms with Crippen molar-refractivity contribution in [3.05, 3.63) is 11.7 Å². The van der Waals surface area contributed by atoms with Crippen LogP contribution in [0.25, 0.3) is 0 Å². The van der Waals surface area contributed by atoms with Gasteiger partial charge in [0.2, 0.25) is 5.89 Å². The van der Waals surface area contributed by atoms with Crippen molar-refractivity contribution < 1.29 is 4.52 Å². The van der Waals surface area contributed by atoms with Crippen LogP contribution >= 0.6 is 0 Å². The maximum atomic E-state index is 5.42. The molecule has 1 aromatic rings. The van der Waals surface area contributed by atoms with E-state index in [1.165, 1.54) is 0 Å². The zero-order chi connectivity index (χ0) is 11.5. The molecule has 0 fully saturated rings. The lowest BCUT2D eigenvalue weighted by atomic mass is 9.80. The smallest absolute Gasteiger partial charge is 0.226 e. The molecule has 1 unspecified atom stereocenters. The zero-order valence-electron chi connectivity index (χ0n) is 10.1. The molecule has 1 atom stereocenters. The van der Waals surface area contributed by atoms with Crippen LogP contribution in [0.3, 0.4) is 0 Å². The van der Waals surface area contributed by atoms with Crippen molar-refractivity contribution in [2.75, 3.05) is 6.54 Å². The van der Waals surface area contributed by atoms with E-state index in [-0.39, 0.29) is 5.41 Å². The van der Waals surface area contributed by atoms with Crippen LogP contribution in [-0.2, 0) is 12.8 Å². The molecule has 1 aromatic heterocycles. The third kappa shape index (κ3) is 3.63. The Balaban J connectivity index is 2.57. The molecule has 0 aromatic carbocycles. The molecule has 1 rings (SSSR count). The Kier molecular flexibility index (Phi) is 3.85. The van der Waals surface area contributed by atoms with Gasteiger partial charge in [0.05, 0.1) is 0 Å². The summed E-state index contributed by atoms with van der Waals surface area (Å²) in [5, 5.41) is 3.87. The van der Waals surface area contributed by atoms with Gasteiger partial charge in [-0.3, -0.25) is 0 Å². The molecule has 0 saturated heterocycles. The highest BCUT2D eigenvalue weighted by molar-refractivity contribution is 4.89. The third-order valence-corrected chi connectivity index (χ3v) is 2.84. The molecule has 2 N–H and O–H groups in total. The molecule has 4 nitrogen and oxygen atoms in total. The Bertz CT molecular complexity index is 301. The van der Waals surface area contributed by atoms with Gasteiger partial charge in [0.1, 0.15) is 0 Å². The van der Waals surface area contributed by atoms with Crippen LogP contribution in [0.1, 0.15) is 39.4 Å². The Morgan fingerprint density at radius 3 is 2.60 bits per heavy atom. The second-order valence-corrected chi connectivity index (χ2v) is 5.11. The van der Waals surface area contributed by atoms with Gasteiger partial charge in [-0.2, -0.15) is 4.98 Å². The Morgan fingerprint density at radius 1 is 1.40 bits per heavy atom. The number of hydrogen-bond acceptors (Lipinski definition) is 4. The quantitative estimate of drug-likeness (QED) is 0.824. The average molecular weight is 211 g/mol. The third-order valence-electron chi connectivity index (χ3n) is 2.84. The van der Waals surface area contributed by atoms with Crippen LogP contribution in [0.5, 0.6) is 0 Å². The number of nitrogens with two attached hydrogens (primary N) is 1. The van der Waals surface area contributed by atoms with Crippen molar-refractivity contribution >= 4 is 0 Å². The van der Waals surface area contributed by atoms with Crippen molar-refractivity contribution in [1.82, 2.24) is 10.1 Å². The molecule has 0 aliphatic carbocycles. The van der Waals surface area contributed by atoms with Crippen molar-refractivity contribution in [3.8, 4) is 0 Å². The molecule has 15 heavy (non-hydrogen) atoms. The molecule has 0 aliphatic heterocycles. The van der Waals surface area contributed by atoms with E-state index in [0.29, 0.717) is 24.7 Å². The highest BCUT2D eigenvalue weighted by atomic mass is 16.5. The molecule has 0 radical (unpaired) electrons. The van der Waals surface area contributed by atoms with Crippen LogP contribution in [0, 0.1) is 11.3 Å². The van der Waals surface area contributed by atoms with Crippen molar-refractivity contribution in [1.29, 1.82) is 0 Å². The minimum Gasteiger partial charge on any atom is -0.339 e. The second kappa shape index (κ2) is 4.75. The van der Waals surface area contributed by atoms with Crippen molar-refractivity contribution in [3.63, 3.8) is 0 Å². The molecular formula is C11H21N3O. The highest BCUT2D eigenvalue weighted by Crippen LogP contribution is 2.27. The number of hydrogen-bond donors (Lipinski definition) is 1. The molecule has 0 amide bonds. The summed E-state index contributed by atoms with van der Waals surface area (Å²) in [7, 11) is 0. The normalized spacial score (nSPS) is 14.2. The van der Waals surface area contributed by atoms with E-state index in [9.17, 15) is 0 Å². The zero-order valence-corrected chi connectivity index (χ0v) is 10.1. The van der Waals surface area contributed by atoms with Crippen molar-refractivity contribution in [2.45, 2.75) is 40.5 Å². The van der Waals surface area contributed by atoms with E-state index < -0.39 is 0 Å². The van der Waals surface area contributed by atoms with Gasteiger partial charge < -0.3 is 10.3 Å². The first-order valence-electron chi connectivity index (χ1n) is 5.45. The first kappa shape index (κ1) is 12.2. The largest absolute Gasteiger partial charge is 0.339 e. The highest BCUT2D eigenvalue weighted by Gasteiger charge is 2.22. The Labute approximate surface area is 91.2 Å². The fourth-order valence-electron chi connectivity index (χ4n) is 1.17. The molecule has 86 valence electrons. The summed E-state index contributed by atoms with van der Waals surface area (Å²) in [4.78, 5) is 4.30. The van der Waals surface area contributed by atoms with Gasteiger partial charge in [-0.1, -0.05) is 32.9 Å². The first-order chi connectivity index (χ1) is 6.93. The average Bonchev–Trinajstić information content (AvgIpc) is 2.51. The Hall–Kier alpha value is -0.900. The number of nitrogens with zero attached hydrogens (tertiary/aromatic N) is 2. The number of aromatic nitrogens is 2. The van der Waals surface area contributed by atoms with E-state index in [2.05, 4.69) is 37.8 Å². The predicted octanol–water partition coefficient (Wildman–Crippen LogP) is 1.80. The summed E-state index contributed by atoms with van der Waals surface area (Å²) in [6.07, 6.45) is 1.52. The molecular weight excluding hydrogens is 190 g/mol. The summed E-state index contributed by atoms with van der Waals surface area (Å²) in [5.74, 6) is 1.96. The fourth-order valence-corrected chi connectivity index (χ4v) is 1.17. The predicted molar refractivity (Wildman–Crippen MR) is 59.4 cm³/mol. The lowest BCUT2D eigenvalue weighted by Crippen LogP contribution is -2.19. The number of rotatable bonds is 4. The lowest BCUT2D eigenvalue weighted by molar-refractivity contribution is 0.236. The van der Waals surface area contributed by atoms with Crippen LogP contribution in [0.15, 0.2) is 4.52 Å². The van der Waals surface area contributed by atoms with Gasteiger partial charge in [0.25, 0.3) is 0 Å². The van der Waals surface area contributed by atoms with Gasteiger partial charge in [0, 0.05) is 12.8 Å². The monoisotopic (exact) mass is 211 g/mol. The van der Waals surface area contributed by atoms with Gasteiger partial charge in [-0.05, 0) is 17.9 Å². The maximum absolute atomic E-state index is 5.42. The minimum atomic E-state index is 0.266. The van der Waals surface area contributed by atoms with Crippen LogP contribution in [0.2, 0.25) is 0 Å². The van der Waals surface area contributed by atoms with Crippen LogP contribution in [-0.4, -0.2) is 16.7 Å². The van der Waals surface area contributed by atoms with Gasteiger partial charge >= 0.3 is 0 Å². The summed E-state index contributed by atoms with van der Waals surface area (Å²) in [5.41, 5.74) is 5.69. The second-order valence-electron chi connectivity index (χ2n) is 5.11. The summed E-state index contributed by atoms with van der Waals surface area (Å²) >= 11 is 0. The van der Waals surface area contributed by atoms with Gasteiger partial charge in [0.15, 0.2) is 5.82 Å². The molecule has 0 spiro atoms. The summed E-state index contributed by atoms with van der Waals surface area (Å²) in [6.45, 7) is 9.42. The minimum absolute atomic E-state index is 0.266. The lowest BCUT2D eigenvalue weighted by Gasteiger charge is -2.25. The first-order valence-corrected chi connectivity index (χ1v) is 5.45. The summed E-state index contributed by atoms with van der Waals surface area (Å²) in [6, 6.07) is 0. The Morgan fingerprint density at radius 2 is 2.07 bits per heavy atom. The molecule has 1 heterocycles. The molecule has 4 heteroatoms. The SMILES string of the molecule is CC(Cc1nc(CCN)no1)C(C)(C)C. The van der Waals surface area contributed by atoms with Gasteiger partial charge in [-0.25, -0.2) is 0 Å². The van der Waals surface area contributed by atoms with E-state index in [4.69, 9.17) is 10.3 Å². The van der Waals surface area contributed by atoms with E-state index in [1.54, 1.807) is 0 Å². The molecule has 0 bridgehead atoms. The van der Waals surface area contributed by atoms with E-state index in [1.807, 2.05) is 0 Å². The topological polar surface area (TPSA) is 64.9 Å². The fraction of sp³-hybridized carbons (Fsp3) is 0.818. The van der Waals surface area contributed by atoms with Crippen LogP contribution < -0.4 is 5.73 Å². The van der Waals surface area contributed by atoms with Crippen molar-refractivity contribution in [2.24, 2.45) is 17.1 Å². The molecule has 0 saturated carbocycles.